The van der Waals surface area contributed by atoms with Crippen LogP contribution in [0.2, 0.25) is 0 Å². The Morgan fingerprint density at radius 3 is 1.68 bits per heavy atom. The molecule has 0 aliphatic carbocycles. The molecule has 1 aliphatic heterocycles. The van der Waals surface area contributed by atoms with Crippen molar-refractivity contribution >= 4 is 72.9 Å². The van der Waals surface area contributed by atoms with E-state index in [4.69, 9.17) is 20.2 Å². The number of carbonyl (C=O) groups excluding carboxylic acids is 2. The second-order valence-corrected chi connectivity index (χ2v) is 9.02. The summed E-state index contributed by atoms with van der Waals surface area (Å²) < 4.78 is 0. The number of anilines is 2. The van der Waals surface area contributed by atoms with Gasteiger partial charge < -0.3 is 9.80 Å². The summed E-state index contributed by atoms with van der Waals surface area (Å²) in [6.07, 6.45) is 6.15. The van der Waals surface area contributed by atoms with Gasteiger partial charge >= 0.3 is 33.3 Å². The first-order valence-electron chi connectivity index (χ1n) is 10.1. The Bertz CT molecular complexity index is 1110. The minimum absolute atomic E-state index is 0.0174. The van der Waals surface area contributed by atoms with Crippen molar-refractivity contribution in [1.29, 1.82) is 0 Å². The van der Waals surface area contributed by atoms with Gasteiger partial charge in [0.25, 0.3) is 0 Å². The molecule has 0 bridgehead atoms. The van der Waals surface area contributed by atoms with Gasteiger partial charge in [0.1, 0.15) is 0 Å². The number of aliphatic imine (C=N–C) groups is 3. The van der Waals surface area contributed by atoms with E-state index < -0.39 is 0 Å². The predicted molar refractivity (Wildman–Crippen MR) is 139 cm³/mol. The molecular formula is C24H25Cl2FeN5O2. The maximum atomic E-state index is 11.4. The van der Waals surface area contributed by atoms with Gasteiger partial charge in [-0.15, -0.1) is 0 Å². The third kappa shape index (κ3) is 8.54. The molecule has 1 heterocycles. The summed E-state index contributed by atoms with van der Waals surface area (Å²) in [6, 6.07) is 14.9. The molecule has 0 atom stereocenters. The third-order valence-electron chi connectivity index (χ3n) is 4.92. The number of halogens is 2. The Balaban J connectivity index is 0.00000129. The van der Waals surface area contributed by atoms with Crippen LogP contribution in [-0.4, -0.2) is 44.1 Å². The molecule has 3 rings (SSSR count). The van der Waals surface area contributed by atoms with Crippen LogP contribution in [0.4, 0.5) is 22.7 Å². The van der Waals surface area contributed by atoms with Crippen LogP contribution < -0.4 is 9.80 Å². The van der Waals surface area contributed by atoms with E-state index in [2.05, 4.69) is 15.0 Å². The molecule has 0 unspecified atom stereocenters. The van der Waals surface area contributed by atoms with E-state index in [0.29, 0.717) is 6.42 Å². The molecule has 10 heteroatoms. The number of nitrogens with zero attached hydrogens (tertiary/aromatic N) is 5. The van der Waals surface area contributed by atoms with Gasteiger partial charge in [-0.05, 0) is 48.5 Å². The minimum atomic E-state index is -0.0183. The molecule has 7 nitrogen and oxygen atoms in total. The zero-order chi connectivity index (χ0) is 25.1. The Morgan fingerprint density at radius 1 is 0.853 bits per heavy atom. The van der Waals surface area contributed by atoms with Crippen molar-refractivity contribution < 1.29 is 22.7 Å². The third-order valence-corrected chi connectivity index (χ3v) is 4.92. The zero-order valence-corrected chi connectivity index (χ0v) is 21.8. The fourth-order valence-corrected chi connectivity index (χ4v) is 2.81. The molecule has 0 saturated heterocycles. The van der Waals surface area contributed by atoms with Gasteiger partial charge in [0.05, 0.1) is 29.0 Å². The molecule has 180 valence electrons. The van der Waals surface area contributed by atoms with Gasteiger partial charge in [-0.3, -0.25) is 24.6 Å². The molecule has 0 saturated carbocycles. The SMILES string of the molecule is CC(=O)N(C)c1ccc(N=CC2=CCC(C=Nc3ccc(N(C)C(C)=O)cc3)=N2)cc1.[Cl][Fe][Cl]. The first-order valence-corrected chi connectivity index (χ1v) is 13.2. The average Bonchev–Trinajstić information content (AvgIpc) is 3.29. The van der Waals surface area contributed by atoms with E-state index in [0.717, 1.165) is 34.2 Å². The number of benzene rings is 2. The van der Waals surface area contributed by atoms with E-state index in [1.54, 1.807) is 36.3 Å². The molecule has 2 aromatic carbocycles. The second-order valence-electron chi connectivity index (χ2n) is 7.19. The molecule has 34 heavy (non-hydrogen) atoms. The second kappa shape index (κ2) is 13.8. The van der Waals surface area contributed by atoms with Gasteiger partial charge in [0, 0.05) is 52.0 Å². The number of amides is 2. The Labute approximate surface area is 214 Å². The monoisotopic (exact) mass is 541 g/mol. The summed E-state index contributed by atoms with van der Waals surface area (Å²) in [7, 11) is 13.0. The Hall–Kier alpha value is -2.77. The van der Waals surface area contributed by atoms with Crippen LogP contribution in [-0.2, 0) is 22.7 Å². The van der Waals surface area contributed by atoms with Crippen molar-refractivity contribution in [2.45, 2.75) is 20.3 Å². The molecule has 0 N–H and O–H groups in total. The quantitative estimate of drug-likeness (QED) is 0.339. The van der Waals surface area contributed by atoms with Crippen molar-refractivity contribution in [3.8, 4) is 0 Å². The Morgan fingerprint density at radius 2 is 1.26 bits per heavy atom. The number of allylic oxidation sites excluding steroid dienone is 2. The van der Waals surface area contributed by atoms with Crippen molar-refractivity contribution in [2.75, 3.05) is 23.9 Å². The van der Waals surface area contributed by atoms with Crippen molar-refractivity contribution in [3.63, 3.8) is 0 Å². The number of carbonyl (C=O) groups is 2. The van der Waals surface area contributed by atoms with Crippen molar-refractivity contribution in [1.82, 2.24) is 0 Å². The van der Waals surface area contributed by atoms with Gasteiger partial charge in [-0.25, -0.2) is 0 Å². The summed E-state index contributed by atoms with van der Waals surface area (Å²) in [5.41, 5.74) is 4.86. The van der Waals surface area contributed by atoms with Gasteiger partial charge in [-0.2, -0.15) is 0 Å². The molecule has 1 aliphatic rings. The zero-order valence-electron chi connectivity index (χ0n) is 19.2. The van der Waals surface area contributed by atoms with E-state index in [9.17, 15) is 9.59 Å². The van der Waals surface area contributed by atoms with Crippen LogP contribution >= 0.6 is 20.2 Å². The first-order chi connectivity index (χ1) is 16.2. The van der Waals surface area contributed by atoms with Crippen LogP contribution in [0.1, 0.15) is 20.3 Å². The Kier molecular flexibility index (Phi) is 11.2. The van der Waals surface area contributed by atoms with E-state index in [-0.39, 0.29) is 24.9 Å². The van der Waals surface area contributed by atoms with Gasteiger partial charge in [0.15, 0.2) is 0 Å². The predicted octanol–water partition coefficient (Wildman–Crippen LogP) is 5.86. The normalized spacial score (nSPS) is 12.9. The number of rotatable bonds is 6. The summed E-state index contributed by atoms with van der Waals surface area (Å²) in [5.74, 6) is -0.0357. The van der Waals surface area contributed by atoms with Crippen molar-refractivity contribution in [3.05, 3.63) is 60.3 Å². The summed E-state index contributed by atoms with van der Waals surface area (Å²) in [5, 5.41) is 0. The molecule has 0 radical (unpaired) electrons. The first kappa shape index (κ1) is 27.5. The van der Waals surface area contributed by atoms with Gasteiger partial charge in [0.2, 0.25) is 11.8 Å². The van der Waals surface area contributed by atoms with Gasteiger partial charge in [-0.1, -0.05) is 6.08 Å². The van der Waals surface area contributed by atoms with Crippen LogP contribution in [0.25, 0.3) is 0 Å². The average molecular weight is 542 g/mol. The van der Waals surface area contributed by atoms with Crippen LogP contribution in [0.5, 0.6) is 0 Å². The molecule has 2 aromatic rings. The van der Waals surface area contributed by atoms with Crippen molar-refractivity contribution in [2.24, 2.45) is 15.0 Å². The molecule has 2 amide bonds. The fourth-order valence-electron chi connectivity index (χ4n) is 2.81. The topological polar surface area (TPSA) is 77.7 Å². The standard InChI is InChI=1S/C24H25N5O2.2ClH.Fe/c1-17(30)28(3)23-11-7-19(8-12-23)25-15-21-5-6-22(27-21)16-26-20-9-13-24(14-10-20)29(4)18(2)31;;;/h5,7-16H,6H2,1-4H3;2*1H;/q;;;+2/p-2. The van der Waals surface area contributed by atoms with E-state index in [1.165, 1.54) is 13.8 Å². The number of hydrogen-bond acceptors (Lipinski definition) is 5. The van der Waals surface area contributed by atoms with Crippen LogP contribution in [0.3, 0.4) is 0 Å². The van der Waals surface area contributed by atoms with E-state index >= 15 is 0 Å². The molecule has 0 fully saturated rings. The summed E-state index contributed by atoms with van der Waals surface area (Å²) >= 11 is 0.194. The summed E-state index contributed by atoms with van der Waals surface area (Å²) in [6.45, 7) is 3.06. The van der Waals surface area contributed by atoms with E-state index in [1.807, 2.05) is 54.6 Å². The fraction of sp³-hybridized carbons (Fsp3) is 0.208. The molecule has 0 spiro atoms. The summed E-state index contributed by atoms with van der Waals surface area (Å²) in [4.78, 5) is 39.4. The van der Waals surface area contributed by atoms with Crippen LogP contribution in [0, 0.1) is 0 Å². The molecular weight excluding hydrogens is 517 g/mol. The number of hydrogen-bond donors (Lipinski definition) is 0. The molecule has 0 aromatic heterocycles. The maximum absolute atomic E-state index is 11.4. The van der Waals surface area contributed by atoms with Crippen LogP contribution in [0.15, 0.2) is 75.3 Å².